The molecule has 17 heteroatoms. The number of hydrogen-bond donors (Lipinski definition) is 7. The molecule has 0 saturated heterocycles. The second kappa shape index (κ2) is 17.8. The molecule has 0 fully saturated rings. The largest absolute Gasteiger partial charge is 0.505 e. The third kappa shape index (κ3) is 10.8. The number of nitrogens with zero attached hydrogens (tertiary/aromatic N) is 4. The molecular formula is C40H35N7O9S. The number of phenols is 1. The number of amides is 1. The molecule has 290 valence electrons. The number of carbonyl (C=O) groups is 3. The molecule has 0 aliphatic carbocycles. The van der Waals surface area contributed by atoms with Gasteiger partial charge >= 0.3 is 11.9 Å². The zero-order valence-electron chi connectivity index (χ0n) is 30.3. The highest BCUT2D eigenvalue weighted by atomic mass is 32.2. The molecule has 0 spiro atoms. The fraction of sp³-hybridized carbons (Fsp3) is 0.0750. The average molecular weight is 790 g/mol. The van der Waals surface area contributed by atoms with Gasteiger partial charge in [0.1, 0.15) is 10.6 Å². The van der Waals surface area contributed by atoms with Gasteiger partial charge in [0, 0.05) is 34.7 Å². The van der Waals surface area contributed by atoms with Gasteiger partial charge in [-0.05, 0) is 122 Å². The summed E-state index contributed by atoms with van der Waals surface area (Å²) < 4.78 is 34.2. The van der Waals surface area contributed by atoms with E-state index in [4.69, 9.17) is 5.73 Å². The van der Waals surface area contributed by atoms with E-state index in [0.717, 1.165) is 17.7 Å². The first kappa shape index (κ1) is 40.7. The fourth-order valence-corrected chi connectivity index (χ4v) is 5.76. The molecule has 8 N–H and O–H groups in total. The van der Waals surface area contributed by atoms with Crippen LogP contribution in [0.3, 0.4) is 0 Å². The number of aryl methyl sites for hydroxylation is 1. The van der Waals surface area contributed by atoms with Crippen molar-refractivity contribution in [3.05, 3.63) is 148 Å². The van der Waals surface area contributed by atoms with Crippen molar-refractivity contribution in [3.63, 3.8) is 0 Å². The predicted octanol–water partition coefficient (Wildman–Crippen LogP) is 8.72. The Balaban J connectivity index is 1.27. The minimum Gasteiger partial charge on any atom is -0.505 e. The number of nitrogens with one attached hydrogen (secondary N) is 2. The number of anilines is 2. The summed E-state index contributed by atoms with van der Waals surface area (Å²) in [5.74, 6) is -3.48. The number of hydrogen-bond acceptors (Lipinski definition) is 12. The zero-order chi connectivity index (χ0) is 41.3. The minimum absolute atomic E-state index is 0.119. The second-order valence-electron chi connectivity index (χ2n) is 12.3. The Kier molecular flexibility index (Phi) is 12.7. The number of allylic oxidation sites excluding steroid dienone is 2. The van der Waals surface area contributed by atoms with Gasteiger partial charge in [0.05, 0.1) is 28.2 Å². The lowest BCUT2D eigenvalue weighted by molar-refractivity contribution is 0.0696. The van der Waals surface area contributed by atoms with Crippen molar-refractivity contribution in [3.8, 4) is 5.75 Å². The summed E-state index contributed by atoms with van der Waals surface area (Å²) in [5, 5.41) is 52.0. The van der Waals surface area contributed by atoms with Gasteiger partial charge in [-0.2, -0.15) is 23.8 Å². The quantitative estimate of drug-likeness (QED) is 0.0242. The van der Waals surface area contributed by atoms with Gasteiger partial charge < -0.3 is 31.7 Å². The second-order valence-corrected chi connectivity index (χ2v) is 13.7. The molecule has 5 aromatic rings. The molecule has 57 heavy (non-hydrogen) atoms. The van der Waals surface area contributed by atoms with Crippen molar-refractivity contribution in [2.75, 3.05) is 11.1 Å². The van der Waals surface area contributed by atoms with Crippen LogP contribution in [0.1, 0.15) is 54.7 Å². The first-order valence-corrected chi connectivity index (χ1v) is 18.3. The Bertz CT molecular complexity index is 2550. The number of rotatable bonds is 14. The van der Waals surface area contributed by atoms with Gasteiger partial charge in [-0.1, -0.05) is 18.2 Å². The third-order valence-electron chi connectivity index (χ3n) is 8.19. The maximum atomic E-state index is 12.7. The molecule has 0 aliphatic rings. The molecule has 5 rings (SSSR count). The minimum atomic E-state index is -4.82. The first-order chi connectivity index (χ1) is 27.1. The smallest absolute Gasteiger partial charge is 0.335 e. The van der Waals surface area contributed by atoms with Crippen molar-refractivity contribution in [1.29, 1.82) is 0 Å². The number of phenolic OH excluding ortho intramolecular Hbond substituents is 1. The van der Waals surface area contributed by atoms with Crippen LogP contribution in [0, 0.1) is 6.92 Å². The van der Waals surface area contributed by atoms with E-state index < -0.39 is 44.3 Å². The van der Waals surface area contributed by atoms with Crippen LogP contribution in [-0.2, 0) is 16.7 Å². The summed E-state index contributed by atoms with van der Waals surface area (Å²) in [4.78, 5) is 34.8. The monoisotopic (exact) mass is 789 g/mol. The summed E-state index contributed by atoms with van der Waals surface area (Å²) in [7, 11) is -4.82. The van der Waals surface area contributed by atoms with Crippen LogP contribution in [0.15, 0.2) is 140 Å². The molecule has 0 heterocycles. The number of carbonyl (C=O) groups excluding carboxylic acids is 1. The van der Waals surface area contributed by atoms with Gasteiger partial charge in [0.25, 0.3) is 16.0 Å². The number of aromatic hydroxyl groups is 1. The molecule has 0 atom stereocenters. The van der Waals surface area contributed by atoms with Crippen LogP contribution in [0.4, 0.5) is 34.1 Å². The van der Waals surface area contributed by atoms with Crippen molar-refractivity contribution in [2.24, 2.45) is 20.5 Å². The number of aromatic carboxylic acids is 2. The van der Waals surface area contributed by atoms with Gasteiger partial charge in [0.2, 0.25) is 0 Å². The van der Waals surface area contributed by atoms with E-state index in [1.54, 1.807) is 86.7 Å². The first-order valence-electron chi connectivity index (χ1n) is 16.8. The molecule has 5 aromatic carbocycles. The number of azo groups is 2. The van der Waals surface area contributed by atoms with Gasteiger partial charge in [-0.25, -0.2) is 9.59 Å². The lowest BCUT2D eigenvalue weighted by Crippen LogP contribution is -2.21. The lowest BCUT2D eigenvalue weighted by atomic mass is 10.1. The van der Waals surface area contributed by atoms with Crippen LogP contribution in [0.5, 0.6) is 5.75 Å². The van der Waals surface area contributed by atoms with Crippen LogP contribution in [0.2, 0.25) is 0 Å². The molecule has 0 unspecified atom stereocenters. The summed E-state index contributed by atoms with van der Waals surface area (Å²) in [6.45, 7) is 3.71. The highest BCUT2D eigenvalue weighted by Crippen LogP contribution is 2.39. The van der Waals surface area contributed by atoms with E-state index in [1.165, 1.54) is 30.4 Å². The highest BCUT2D eigenvalue weighted by Gasteiger charge is 2.21. The number of benzene rings is 5. The van der Waals surface area contributed by atoms with E-state index in [2.05, 4.69) is 31.1 Å². The SMILES string of the molecule is C/C=C(\C=C/c1ccc(S(=O)(=O)O)c(N=Nc2ccc(N=Nc3ccc(CNc4cc(C(=O)O)cc(C(=O)O)c4)cc3)c(C)c2)c1O)NC(=O)c1ccc(N)cc1. The van der Waals surface area contributed by atoms with Crippen LogP contribution in [-0.4, -0.2) is 46.1 Å². The summed E-state index contributed by atoms with van der Waals surface area (Å²) in [6, 6.07) is 24.2. The van der Waals surface area contributed by atoms with Crippen LogP contribution < -0.4 is 16.4 Å². The third-order valence-corrected chi connectivity index (χ3v) is 9.07. The Morgan fingerprint density at radius 1 is 0.772 bits per heavy atom. The van der Waals surface area contributed by atoms with E-state index in [1.807, 2.05) is 0 Å². The molecule has 0 radical (unpaired) electrons. The Labute approximate surface area is 326 Å². The molecule has 0 aromatic heterocycles. The average Bonchev–Trinajstić information content (AvgIpc) is 3.18. The van der Waals surface area contributed by atoms with E-state index in [9.17, 15) is 42.7 Å². The van der Waals surface area contributed by atoms with Gasteiger partial charge in [-0.15, -0.1) is 5.11 Å². The summed E-state index contributed by atoms with van der Waals surface area (Å²) >= 11 is 0. The molecule has 0 bridgehead atoms. The number of nitrogens with two attached hydrogens (primary N) is 1. The van der Waals surface area contributed by atoms with Crippen molar-refractivity contribution < 1.29 is 42.7 Å². The predicted molar refractivity (Wildman–Crippen MR) is 213 cm³/mol. The highest BCUT2D eigenvalue weighted by molar-refractivity contribution is 7.86. The number of carboxylic acid groups (broad SMARTS) is 2. The Morgan fingerprint density at radius 2 is 1.40 bits per heavy atom. The topological polar surface area (TPSA) is 266 Å². The van der Waals surface area contributed by atoms with E-state index in [-0.39, 0.29) is 28.9 Å². The lowest BCUT2D eigenvalue weighted by Gasteiger charge is -2.09. The molecule has 0 saturated carbocycles. The van der Waals surface area contributed by atoms with Crippen LogP contribution in [0.25, 0.3) is 6.08 Å². The van der Waals surface area contributed by atoms with E-state index in [0.29, 0.717) is 39.6 Å². The number of nitrogen functional groups attached to an aromatic ring is 1. The maximum Gasteiger partial charge on any atom is 0.335 e. The van der Waals surface area contributed by atoms with Crippen molar-refractivity contribution >= 4 is 68.2 Å². The van der Waals surface area contributed by atoms with Gasteiger partial charge in [-0.3, -0.25) is 9.35 Å². The number of carboxylic acids is 2. The molecule has 1 amide bonds. The van der Waals surface area contributed by atoms with Crippen molar-refractivity contribution in [1.82, 2.24) is 5.32 Å². The fourth-order valence-electron chi connectivity index (χ4n) is 5.14. The van der Waals surface area contributed by atoms with Crippen LogP contribution >= 0.6 is 0 Å². The normalized spacial score (nSPS) is 12.0. The Hall–Kier alpha value is -7.50. The molecular weight excluding hydrogens is 755 g/mol. The van der Waals surface area contributed by atoms with E-state index >= 15 is 0 Å². The Morgan fingerprint density at radius 3 is 2.00 bits per heavy atom. The standard InChI is InChI=1S/C40H35N7O9S/c1-3-30(43-38(49)26-6-10-29(41)11-7-26)14-8-25-9-17-35(57(54,55)56)36(37(25)48)47-45-32-15-16-34(23(2)18-32)46-44-31-12-4-24(5-13-31)22-42-33-20-27(39(50)51)19-28(21-33)40(52)53/h3-21,42,48H,22,41H2,1-2H3,(H,43,49)(H,50,51)(H,52,53)(H,54,55,56)/b14-8-,30-3+,46-44?,47-45?. The summed E-state index contributed by atoms with van der Waals surface area (Å²) in [6.07, 6.45) is 4.54. The maximum absolute atomic E-state index is 12.7. The zero-order valence-corrected chi connectivity index (χ0v) is 31.1. The molecule has 0 aliphatic heterocycles. The summed E-state index contributed by atoms with van der Waals surface area (Å²) in [5.41, 5.74) is 9.31. The molecule has 16 nitrogen and oxygen atoms in total. The van der Waals surface area contributed by atoms with Gasteiger partial charge in [0.15, 0.2) is 5.75 Å². The van der Waals surface area contributed by atoms with Crippen molar-refractivity contribution in [2.45, 2.75) is 25.3 Å².